The molecule has 2 fully saturated rings. The maximum Gasteiger partial charge on any atom is 0.407 e. The zero-order chi connectivity index (χ0) is 30.9. The van der Waals surface area contributed by atoms with Gasteiger partial charge in [-0.1, -0.05) is 47.0 Å². The number of carbonyl (C=O) groups excluding carboxylic acids is 4. The number of carbonyl (C=O) groups is 4. The Balaban J connectivity index is 1.96. The highest BCUT2D eigenvalue weighted by atomic mass is 16.6. The third-order valence-corrected chi connectivity index (χ3v) is 8.49. The average molecular weight is 582 g/mol. The maximum absolute atomic E-state index is 13.4. The van der Waals surface area contributed by atoms with Gasteiger partial charge in [0.05, 0.1) is 19.3 Å². The summed E-state index contributed by atoms with van der Waals surface area (Å²) in [6.07, 6.45) is 6.72. The molecule has 2 aliphatic rings. The van der Waals surface area contributed by atoms with Crippen LogP contribution in [0.2, 0.25) is 0 Å². The molecule has 0 saturated heterocycles. The van der Waals surface area contributed by atoms with E-state index >= 15 is 0 Å². The molecule has 3 amide bonds. The molecule has 0 bridgehead atoms. The van der Waals surface area contributed by atoms with Gasteiger partial charge in [-0.25, -0.2) is 9.59 Å². The number of amides is 3. The van der Waals surface area contributed by atoms with Gasteiger partial charge in [0.25, 0.3) is 0 Å². The second-order valence-electron chi connectivity index (χ2n) is 13.6. The SMILES string of the molecule is COC(=O)[C@@H](NC(=O)[C@@H](NC(=O)C1CCCC1CCCC1CCC[C@H](O)[C@H]1NC(=O)OC(C)(C)C)C(C)C)C(C)C. The smallest absolute Gasteiger partial charge is 0.407 e. The first kappa shape index (κ1) is 34.8. The van der Waals surface area contributed by atoms with Crippen molar-refractivity contribution in [1.82, 2.24) is 16.0 Å². The molecule has 0 aromatic rings. The quantitative estimate of drug-likeness (QED) is 0.254. The summed E-state index contributed by atoms with van der Waals surface area (Å²) in [6.45, 7) is 12.9. The molecular weight excluding hydrogens is 526 g/mol. The van der Waals surface area contributed by atoms with Gasteiger partial charge < -0.3 is 30.5 Å². The van der Waals surface area contributed by atoms with E-state index in [2.05, 4.69) is 16.0 Å². The van der Waals surface area contributed by atoms with Crippen LogP contribution in [0.5, 0.6) is 0 Å². The Hall–Kier alpha value is -2.36. The minimum absolute atomic E-state index is 0.113. The summed E-state index contributed by atoms with van der Waals surface area (Å²) >= 11 is 0. The molecule has 4 N–H and O–H groups in total. The van der Waals surface area contributed by atoms with Gasteiger partial charge in [0, 0.05) is 5.92 Å². The Morgan fingerprint density at radius 2 is 1.44 bits per heavy atom. The number of alkyl carbamates (subject to hydrolysis) is 1. The Kier molecular flexibility index (Phi) is 13.4. The lowest BCUT2D eigenvalue weighted by Crippen LogP contribution is -2.56. The van der Waals surface area contributed by atoms with Crippen molar-refractivity contribution in [3.8, 4) is 0 Å². The summed E-state index contributed by atoms with van der Waals surface area (Å²) in [6, 6.07) is -1.87. The fourth-order valence-corrected chi connectivity index (χ4v) is 6.28. The van der Waals surface area contributed by atoms with Crippen LogP contribution in [0.25, 0.3) is 0 Å². The summed E-state index contributed by atoms with van der Waals surface area (Å²) in [7, 11) is 1.29. The average Bonchev–Trinajstić information content (AvgIpc) is 3.34. The van der Waals surface area contributed by atoms with Crippen LogP contribution >= 0.6 is 0 Å². The molecule has 0 aromatic heterocycles. The van der Waals surface area contributed by atoms with Crippen molar-refractivity contribution in [3.63, 3.8) is 0 Å². The number of aliphatic hydroxyl groups is 1. The monoisotopic (exact) mass is 581 g/mol. The van der Waals surface area contributed by atoms with Crippen molar-refractivity contribution in [2.45, 2.75) is 136 Å². The van der Waals surface area contributed by atoms with Crippen LogP contribution in [0.3, 0.4) is 0 Å². The van der Waals surface area contributed by atoms with Crippen molar-refractivity contribution in [2.24, 2.45) is 29.6 Å². The van der Waals surface area contributed by atoms with Gasteiger partial charge in [0.2, 0.25) is 11.8 Å². The first-order chi connectivity index (χ1) is 19.1. The molecule has 0 aromatic carbocycles. The second kappa shape index (κ2) is 15.8. The summed E-state index contributed by atoms with van der Waals surface area (Å²) in [5, 5.41) is 19.3. The second-order valence-corrected chi connectivity index (χ2v) is 13.6. The van der Waals surface area contributed by atoms with Gasteiger partial charge >= 0.3 is 12.1 Å². The molecule has 236 valence electrons. The van der Waals surface area contributed by atoms with Crippen molar-refractivity contribution >= 4 is 23.9 Å². The third kappa shape index (κ3) is 10.8. The molecule has 2 rings (SSSR count). The van der Waals surface area contributed by atoms with E-state index in [1.807, 2.05) is 48.5 Å². The molecule has 0 spiro atoms. The summed E-state index contributed by atoms with van der Waals surface area (Å²) in [5.74, 6) is -1.11. The van der Waals surface area contributed by atoms with Gasteiger partial charge in [-0.15, -0.1) is 0 Å². The Morgan fingerprint density at radius 1 is 0.854 bits per heavy atom. The molecule has 2 aliphatic carbocycles. The zero-order valence-electron chi connectivity index (χ0n) is 26.5. The number of hydrogen-bond acceptors (Lipinski definition) is 7. The van der Waals surface area contributed by atoms with E-state index in [-0.39, 0.29) is 47.4 Å². The lowest BCUT2D eigenvalue weighted by molar-refractivity contribution is -0.147. The van der Waals surface area contributed by atoms with E-state index in [0.29, 0.717) is 6.42 Å². The first-order valence-electron chi connectivity index (χ1n) is 15.5. The van der Waals surface area contributed by atoms with E-state index in [1.54, 1.807) is 0 Å². The van der Waals surface area contributed by atoms with E-state index in [1.165, 1.54) is 7.11 Å². The molecule has 0 heterocycles. The Morgan fingerprint density at radius 3 is 2.02 bits per heavy atom. The van der Waals surface area contributed by atoms with Gasteiger partial charge in [-0.05, 0) is 83.0 Å². The summed E-state index contributed by atoms with van der Waals surface area (Å²) in [5.41, 5.74) is -0.607. The van der Waals surface area contributed by atoms with Crippen molar-refractivity contribution in [3.05, 3.63) is 0 Å². The van der Waals surface area contributed by atoms with Gasteiger partial charge in [-0.3, -0.25) is 9.59 Å². The van der Waals surface area contributed by atoms with E-state index in [9.17, 15) is 24.3 Å². The number of hydrogen-bond donors (Lipinski definition) is 4. The number of methoxy groups -OCH3 is 1. The Labute approximate surface area is 246 Å². The minimum atomic E-state index is -0.781. The topological polar surface area (TPSA) is 143 Å². The molecule has 41 heavy (non-hydrogen) atoms. The zero-order valence-corrected chi connectivity index (χ0v) is 26.5. The fourth-order valence-electron chi connectivity index (χ4n) is 6.28. The number of esters is 1. The highest BCUT2D eigenvalue weighted by Gasteiger charge is 2.38. The van der Waals surface area contributed by atoms with Crippen LogP contribution in [0.4, 0.5) is 4.79 Å². The highest BCUT2D eigenvalue weighted by Crippen LogP contribution is 2.37. The lowest BCUT2D eigenvalue weighted by atomic mass is 9.78. The van der Waals surface area contributed by atoms with Crippen molar-refractivity contribution in [1.29, 1.82) is 0 Å². The molecule has 7 atom stereocenters. The summed E-state index contributed by atoms with van der Waals surface area (Å²) in [4.78, 5) is 51.1. The normalized spacial score (nSPS) is 26.3. The molecule has 2 saturated carbocycles. The standard InChI is InChI=1S/C31H55N3O7/c1-18(2)24(28(37)33-25(19(3)4)29(38)40-8)32-27(36)22-16-10-13-20(22)12-9-14-21-15-11-17-23(35)26(21)34-30(39)41-31(5,6)7/h18-26,35H,9-17H2,1-8H3,(H,32,36)(H,33,37)(H,34,39)/t20?,21?,22?,23-,24-,25-,26-/m0/s1. The molecule has 10 heteroatoms. The van der Waals surface area contributed by atoms with Gasteiger partial charge in [0.1, 0.15) is 17.7 Å². The fraction of sp³-hybridized carbons (Fsp3) is 0.871. The molecular formula is C31H55N3O7. The molecule has 10 nitrogen and oxygen atoms in total. The van der Waals surface area contributed by atoms with Crippen LogP contribution in [0.15, 0.2) is 0 Å². The Bertz CT molecular complexity index is 885. The molecule has 0 aliphatic heterocycles. The maximum atomic E-state index is 13.4. The number of nitrogens with one attached hydrogen (secondary N) is 3. The van der Waals surface area contributed by atoms with Gasteiger partial charge in [0.15, 0.2) is 0 Å². The minimum Gasteiger partial charge on any atom is -0.467 e. The van der Waals surface area contributed by atoms with Crippen LogP contribution in [-0.2, 0) is 23.9 Å². The van der Waals surface area contributed by atoms with Crippen LogP contribution in [-0.4, -0.2) is 65.9 Å². The van der Waals surface area contributed by atoms with E-state index < -0.39 is 35.9 Å². The molecule has 0 radical (unpaired) electrons. The van der Waals surface area contributed by atoms with Crippen LogP contribution in [0.1, 0.15) is 106 Å². The van der Waals surface area contributed by atoms with E-state index in [0.717, 1.165) is 51.4 Å². The third-order valence-electron chi connectivity index (χ3n) is 8.49. The lowest BCUT2D eigenvalue weighted by Gasteiger charge is -2.36. The predicted molar refractivity (Wildman–Crippen MR) is 157 cm³/mol. The van der Waals surface area contributed by atoms with Crippen molar-refractivity contribution < 1.29 is 33.8 Å². The number of aliphatic hydroxyl groups excluding tert-OH is 1. The van der Waals surface area contributed by atoms with Gasteiger partial charge in [-0.2, -0.15) is 0 Å². The highest BCUT2D eigenvalue weighted by molar-refractivity contribution is 5.91. The largest absolute Gasteiger partial charge is 0.467 e. The van der Waals surface area contributed by atoms with Crippen LogP contribution < -0.4 is 16.0 Å². The number of rotatable bonds is 12. The van der Waals surface area contributed by atoms with Crippen LogP contribution in [0, 0.1) is 29.6 Å². The molecule has 3 unspecified atom stereocenters. The first-order valence-corrected chi connectivity index (χ1v) is 15.5. The predicted octanol–water partition coefficient (Wildman–Crippen LogP) is 4.08. The van der Waals surface area contributed by atoms with E-state index in [4.69, 9.17) is 9.47 Å². The van der Waals surface area contributed by atoms with Crippen molar-refractivity contribution in [2.75, 3.05) is 7.11 Å². The summed E-state index contributed by atoms with van der Waals surface area (Å²) < 4.78 is 10.3. The number of ether oxygens (including phenoxy) is 2.